The zero-order valence-electron chi connectivity index (χ0n) is 10.5. The molecule has 3 heteroatoms. The lowest BCUT2D eigenvalue weighted by Gasteiger charge is -2.26. The molecular formula is C14H20N2O. The van der Waals surface area contributed by atoms with Gasteiger partial charge in [0.05, 0.1) is 6.04 Å². The molecule has 17 heavy (non-hydrogen) atoms. The summed E-state index contributed by atoms with van der Waals surface area (Å²) in [6.07, 6.45) is 1.50. The third-order valence-electron chi connectivity index (χ3n) is 3.54. The number of nitrogens with two attached hydrogens (primary N) is 1. The Hall–Kier alpha value is -1.35. The highest BCUT2D eigenvalue weighted by Gasteiger charge is 2.37. The van der Waals surface area contributed by atoms with Crippen LogP contribution in [-0.4, -0.2) is 23.4 Å². The van der Waals surface area contributed by atoms with Gasteiger partial charge in [-0.2, -0.15) is 0 Å². The largest absolute Gasteiger partial charge is 0.334 e. The van der Waals surface area contributed by atoms with Gasteiger partial charge in [0, 0.05) is 19.0 Å². The number of aryl methyl sites for hydroxylation is 1. The highest BCUT2D eigenvalue weighted by Crippen LogP contribution is 2.31. The summed E-state index contributed by atoms with van der Waals surface area (Å²) in [7, 11) is 0. The molecule has 1 aliphatic heterocycles. The number of likely N-dealkylation sites (tertiary alicyclic amines) is 1. The Morgan fingerprint density at radius 1 is 1.29 bits per heavy atom. The van der Waals surface area contributed by atoms with Crippen LogP contribution in [-0.2, 0) is 11.2 Å². The average molecular weight is 232 g/mol. The van der Waals surface area contributed by atoms with Crippen molar-refractivity contribution in [2.24, 2.45) is 5.73 Å². The maximum absolute atomic E-state index is 11.8. The molecule has 0 aromatic heterocycles. The van der Waals surface area contributed by atoms with E-state index in [4.69, 9.17) is 5.73 Å². The van der Waals surface area contributed by atoms with Crippen LogP contribution in [0, 0.1) is 0 Å². The number of carbonyl (C=O) groups is 1. The number of nitrogens with zero attached hydrogens (tertiary/aromatic N) is 1. The number of carbonyl (C=O) groups excluding carboxylic acids is 1. The van der Waals surface area contributed by atoms with Crippen LogP contribution in [0.25, 0.3) is 0 Å². The van der Waals surface area contributed by atoms with Gasteiger partial charge in [0.1, 0.15) is 0 Å². The highest BCUT2D eigenvalue weighted by molar-refractivity contribution is 5.80. The van der Waals surface area contributed by atoms with Crippen LogP contribution >= 0.6 is 0 Å². The highest BCUT2D eigenvalue weighted by atomic mass is 16.2. The SMILES string of the molecule is CCc1ccc(C2C(N)CC(=O)N2CC)cc1. The van der Waals surface area contributed by atoms with Gasteiger partial charge in [-0.05, 0) is 24.5 Å². The summed E-state index contributed by atoms with van der Waals surface area (Å²) in [6, 6.07) is 8.43. The van der Waals surface area contributed by atoms with Gasteiger partial charge in [-0.1, -0.05) is 31.2 Å². The minimum absolute atomic E-state index is 0.0541. The van der Waals surface area contributed by atoms with E-state index in [-0.39, 0.29) is 18.0 Å². The van der Waals surface area contributed by atoms with E-state index in [2.05, 4.69) is 31.2 Å². The molecule has 3 nitrogen and oxygen atoms in total. The van der Waals surface area contributed by atoms with Crippen molar-refractivity contribution in [2.45, 2.75) is 38.8 Å². The predicted molar refractivity (Wildman–Crippen MR) is 68.5 cm³/mol. The summed E-state index contributed by atoms with van der Waals surface area (Å²) in [6.45, 7) is 4.87. The summed E-state index contributed by atoms with van der Waals surface area (Å²) < 4.78 is 0. The zero-order chi connectivity index (χ0) is 12.4. The lowest BCUT2D eigenvalue weighted by Crippen LogP contribution is -2.32. The fourth-order valence-corrected chi connectivity index (χ4v) is 2.57. The zero-order valence-corrected chi connectivity index (χ0v) is 10.5. The summed E-state index contributed by atoms with van der Waals surface area (Å²) in [5.74, 6) is 0.171. The second kappa shape index (κ2) is 4.88. The molecule has 1 aromatic carbocycles. The van der Waals surface area contributed by atoms with Crippen molar-refractivity contribution in [3.8, 4) is 0 Å². The molecule has 1 heterocycles. The lowest BCUT2D eigenvalue weighted by atomic mass is 9.99. The molecule has 0 bridgehead atoms. The topological polar surface area (TPSA) is 46.3 Å². The number of hydrogen-bond donors (Lipinski definition) is 1. The second-order valence-corrected chi connectivity index (χ2v) is 4.59. The first-order chi connectivity index (χ1) is 8.17. The first kappa shape index (κ1) is 12.1. The first-order valence-corrected chi connectivity index (χ1v) is 6.31. The maximum Gasteiger partial charge on any atom is 0.224 e. The van der Waals surface area contributed by atoms with Crippen molar-refractivity contribution in [1.29, 1.82) is 0 Å². The summed E-state index contributed by atoms with van der Waals surface area (Å²) in [5, 5.41) is 0. The van der Waals surface area contributed by atoms with Crippen molar-refractivity contribution in [1.82, 2.24) is 4.90 Å². The molecule has 1 fully saturated rings. The van der Waals surface area contributed by atoms with Gasteiger partial charge in [0.2, 0.25) is 5.91 Å². The minimum atomic E-state index is -0.0741. The van der Waals surface area contributed by atoms with E-state index >= 15 is 0 Å². The molecular weight excluding hydrogens is 212 g/mol. The smallest absolute Gasteiger partial charge is 0.224 e. The van der Waals surface area contributed by atoms with Gasteiger partial charge in [0.15, 0.2) is 0 Å². The molecule has 0 saturated carbocycles. The predicted octanol–water partition coefficient (Wildman–Crippen LogP) is 1.87. The van der Waals surface area contributed by atoms with Gasteiger partial charge in [0.25, 0.3) is 0 Å². The van der Waals surface area contributed by atoms with Crippen LogP contribution < -0.4 is 5.73 Å². The van der Waals surface area contributed by atoms with Crippen LogP contribution in [0.4, 0.5) is 0 Å². The quantitative estimate of drug-likeness (QED) is 0.864. The molecule has 92 valence electrons. The van der Waals surface area contributed by atoms with E-state index < -0.39 is 0 Å². The van der Waals surface area contributed by atoms with Gasteiger partial charge in [-0.3, -0.25) is 4.79 Å². The Morgan fingerprint density at radius 2 is 1.94 bits per heavy atom. The lowest BCUT2D eigenvalue weighted by molar-refractivity contribution is -0.128. The van der Waals surface area contributed by atoms with Gasteiger partial charge in [-0.25, -0.2) is 0 Å². The van der Waals surface area contributed by atoms with Crippen molar-refractivity contribution in [2.75, 3.05) is 6.54 Å². The first-order valence-electron chi connectivity index (χ1n) is 6.31. The number of rotatable bonds is 3. The molecule has 1 amide bonds. The number of amides is 1. The van der Waals surface area contributed by atoms with Crippen molar-refractivity contribution >= 4 is 5.91 Å². The van der Waals surface area contributed by atoms with Crippen LogP contribution in [0.3, 0.4) is 0 Å². The van der Waals surface area contributed by atoms with Gasteiger partial charge >= 0.3 is 0 Å². The Morgan fingerprint density at radius 3 is 2.47 bits per heavy atom. The van der Waals surface area contributed by atoms with Crippen molar-refractivity contribution in [3.63, 3.8) is 0 Å². The Balaban J connectivity index is 2.27. The number of benzene rings is 1. The molecule has 0 spiro atoms. The number of hydrogen-bond acceptors (Lipinski definition) is 2. The summed E-state index contributed by atoms with van der Waals surface area (Å²) >= 11 is 0. The van der Waals surface area contributed by atoms with Crippen LogP contribution in [0.15, 0.2) is 24.3 Å². The van der Waals surface area contributed by atoms with Crippen LogP contribution in [0.2, 0.25) is 0 Å². The van der Waals surface area contributed by atoms with E-state index in [1.165, 1.54) is 5.56 Å². The third kappa shape index (κ3) is 2.20. The van der Waals surface area contributed by atoms with Gasteiger partial charge in [-0.15, -0.1) is 0 Å². The second-order valence-electron chi connectivity index (χ2n) is 4.59. The molecule has 0 aliphatic carbocycles. The van der Waals surface area contributed by atoms with E-state index in [9.17, 15) is 4.79 Å². The Kier molecular flexibility index (Phi) is 3.48. The Labute approximate surface area is 103 Å². The van der Waals surface area contributed by atoms with Crippen molar-refractivity contribution in [3.05, 3.63) is 35.4 Å². The van der Waals surface area contributed by atoms with E-state index in [0.717, 1.165) is 18.5 Å². The van der Waals surface area contributed by atoms with Gasteiger partial charge < -0.3 is 10.6 Å². The minimum Gasteiger partial charge on any atom is -0.334 e. The van der Waals surface area contributed by atoms with E-state index in [1.807, 2.05) is 11.8 Å². The standard InChI is InChI=1S/C14H20N2O/c1-3-10-5-7-11(8-6-10)14-12(15)9-13(17)16(14)4-2/h5-8,12,14H,3-4,9,15H2,1-2H3. The monoisotopic (exact) mass is 232 g/mol. The molecule has 2 N–H and O–H groups in total. The summed E-state index contributed by atoms with van der Waals surface area (Å²) in [5.41, 5.74) is 8.54. The molecule has 1 saturated heterocycles. The molecule has 0 radical (unpaired) electrons. The molecule has 1 aromatic rings. The molecule has 1 aliphatic rings. The normalized spacial score (nSPS) is 24.4. The molecule has 2 atom stereocenters. The fourth-order valence-electron chi connectivity index (χ4n) is 2.57. The van der Waals surface area contributed by atoms with Crippen LogP contribution in [0.5, 0.6) is 0 Å². The molecule has 2 rings (SSSR count). The van der Waals surface area contributed by atoms with Crippen LogP contribution in [0.1, 0.15) is 37.4 Å². The average Bonchev–Trinajstić information content (AvgIpc) is 2.63. The molecule has 2 unspecified atom stereocenters. The van der Waals surface area contributed by atoms with E-state index in [0.29, 0.717) is 6.42 Å². The third-order valence-corrected chi connectivity index (χ3v) is 3.54. The van der Waals surface area contributed by atoms with Crippen molar-refractivity contribution < 1.29 is 4.79 Å². The maximum atomic E-state index is 11.8. The van der Waals surface area contributed by atoms with E-state index in [1.54, 1.807) is 0 Å². The summed E-state index contributed by atoms with van der Waals surface area (Å²) in [4.78, 5) is 13.6. The fraction of sp³-hybridized carbons (Fsp3) is 0.500. The Bertz CT molecular complexity index is 399. The number of likely N-dealkylation sites (N-methyl/N-ethyl adjacent to an activating group) is 1.